The maximum atomic E-state index is 12.3. The first-order valence-corrected chi connectivity index (χ1v) is 6.88. The van der Waals surface area contributed by atoms with Gasteiger partial charge in [0.15, 0.2) is 0 Å². The second-order valence-corrected chi connectivity index (χ2v) is 5.74. The molecular formula is C16H25NO2. The third kappa shape index (κ3) is 5.43. The molecule has 0 aliphatic heterocycles. The van der Waals surface area contributed by atoms with Crippen LogP contribution in [0.5, 0.6) is 0 Å². The number of carbonyl (C=O) groups excluding carboxylic acids is 1. The van der Waals surface area contributed by atoms with Crippen molar-refractivity contribution < 1.29 is 9.90 Å². The molecule has 0 aliphatic rings. The minimum atomic E-state index is -0.846. The number of aliphatic hydroxyl groups is 1. The van der Waals surface area contributed by atoms with Crippen molar-refractivity contribution in [3.05, 3.63) is 35.9 Å². The van der Waals surface area contributed by atoms with Crippen LogP contribution in [0.15, 0.2) is 30.3 Å². The molecule has 0 bridgehead atoms. The Morgan fingerprint density at radius 2 is 1.89 bits per heavy atom. The molecule has 106 valence electrons. The van der Waals surface area contributed by atoms with Crippen LogP contribution in [-0.2, 0) is 4.79 Å². The first-order chi connectivity index (χ1) is 8.83. The van der Waals surface area contributed by atoms with E-state index in [2.05, 4.69) is 6.92 Å². The highest BCUT2D eigenvalue weighted by atomic mass is 16.3. The summed E-state index contributed by atoms with van der Waals surface area (Å²) in [6.45, 7) is 8.46. The van der Waals surface area contributed by atoms with E-state index in [4.69, 9.17) is 0 Å². The molecule has 0 saturated carbocycles. The molecule has 0 saturated heterocycles. The molecule has 0 spiro atoms. The number of rotatable bonds is 6. The van der Waals surface area contributed by atoms with Gasteiger partial charge >= 0.3 is 0 Å². The molecule has 1 amide bonds. The average molecular weight is 263 g/mol. The lowest BCUT2D eigenvalue weighted by Crippen LogP contribution is -2.42. The van der Waals surface area contributed by atoms with E-state index in [1.54, 1.807) is 18.7 Å². The zero-order chi connectivity index (χ0) is 14.5. The van der Waals surface area contributed by atoms with E-state index in [1.807, 2.05) is 37.3 Å². The molecular weight excluding hydrogens is 238 g/mol. The average Bonchev–Trinajstić information content (AvgIpc) is 2.35. The Hall–Kier alpha value is -1.35. The summed E-state index contributed by atoms with van der Waals surface area (Å²) in [5.41, 5.74) is 0.330. The molecule has 1 aromatic carbocycles. The molecule has 0 fully saturated rings. The quantitative estimate of drug-likeness (QED) is 0.857. The van der Waals surface area contributed by atoms with Crippen LogP contribution in [0, 0.1) is 0 Å². The van der Waals surface area contributed by atoms with E-state index in [0.717, 1.165) is 0 Å². The number of carbonyl (C=O) groups is 1. The molecule has 0 aliphatic carbocycles. The van der Waals surface area contributed by atoms with Crippen molar-refractivity contribution in [1.29, 1.82) is 0 Å². The van der Waals surface area contributed by atoms with Crippen LogP contribution >= 0.6 is 0 Å². The molecule has 0 heterocycles. The molecule has 3 nitrogen and oxygen atoms in total. The lowest BCUT2D eigenvalue weighted by molar-refractivity contribution is -0.134. The van der Waals surface area contributed by atoms with Gasteiger partial charge in [-0.1, -0.05) is 37.3 Å². The van der Waals surface area contributed by atoms with Gasteiger partial charge in [-0.3, -0.25) is 4.79 Å². The summed E-state index contributed by atoms with van der Waals surface area (Å²) >= 11 is 0. The molecule has 1 N–H and O–H groups in total. The number of hydrogen-bond donors (Lipinski definition) is 1. The normalized spacial score (nSPS) is 13.1. The summed E-state index contributed by atoms with van der Waals surface area (Å²) in [5, 5.41) is 9.83. The van der Waals surface area contributed by atoms with Crippen molar-refractivity contribution >= 4 is 5.91 Å². The fraction of sp³-hybridized carbons (Fsp3) is 0.562. The maximum absolute atomic E-state index is 12.3. The number of nitrogens with zero attached hydrogens (tertiary/aromatic N) is 1. The van der Waals surface area contributed by atoms with E-state index < -0.39 is 5.60 Å². The summed E-state index contributed by atoms with van der Waals surface area (Å²) in [6, 6.07) is 10.1. The van der Waals surface area contributed by atoms with Crippen LogP contribution in [0.1, 0.15) is 45.6 Å². The largest absolute Gasteiger partial charge is 0.389 e. The fourth-order valence-corrected chi connectivity index (χ4v) is 2.13. The van der Waals surface area contributed by atoms with Crippen molar-refractivity contribution in [1.82, 2.24) is 4.90 Å². The monoisotopic (exact) mass is 263 g/mol. The van der Waals surface area contributed by atoms with Crippen LogP contribution in [0.3, 0.4) is 0 Å². The number of amides is 1. The summed E-state index contributed by atoms with van der Waals surface area (Å²) in [6.07, 6.45) is 0.480. The van der Waals surface area contributed by atoms with Crippen LogP contribution in [0.4, 0.5) is 0 Å². The maximum Gasteiger partial charge on any atom is 0.223 e. The Labute approximate surface area is 116 Å². The Kier molecular flexibility index (Phi) is 5.55. The summed E-state index contributed by atoms with van der Waals surface area (Å²) < 4.78 is 0. The SMILES string of the molecule is CCN(CC(C)(C)O)C(=O)CC(C)c1ccccc1. The molecule has 0 aromatic heterocycles. The highest BCUT2D eigenvalue weighted by molar-refractivity contribution is 5.77. The van der Waals surface area contributed by atoms with E-state index >= 15 is 0 Å². The zero-order valence-electron chi connectivity index (χ0n) is 12.4. The molecule has 1 unspecified atom stereocenters. The molecule has 19 heavy (non-hydrogen) atoms. The van der Waals surface area contributed by atoms with Crippen molar-refractivity contribution in [2.75, 3.05) is 13.1 Å². The first-order valence-electron chi connectivity index (χ1n) is 6.88. The van der Waals surface area contributed by atoms with Gasteiger partial charge in [0, 0.05) is 19.5 Å². The smallest absolute Gasteiger partial charge is 0.223 e. The molecule has 1 aromatic rings. The minimum Gasteiger partial charge on any atom is -0.389 e. The van der Waals surface area contributed by atoms with Gasteiger partial charge in [-0.2, -0.15) is 0 Å². The van der Waals surface area contributed by atoms with Crippen molar-refractivity contribution in [2.45, 2.75) is 45.6 Å². The van der Waals surface area contributed by atoms with Gasteiger partial charge in [-0.25, -0.2) is 0 Å². The summed E-state index contributed by atoms with van der Waals surface area (Å²) in [5.74, 6) is 0.297. The van der Waals surface area contributed by atoms with Gasteiger partial charge in [-0.05, 0) is 32.3 Å². The van der Waals surface area contributed by atoms with E-state index in [1.165, 1.54) is 5.56 Å². The van der Waals surface area contributed by atoms with Gasteiger partial charge < -0.3 is 10.0 Å². The predicted molar refractivity (Wildman–Crippen MR) is 78.0 cm³/mol. The molecule has 3 heteroatoms. The third-order valence-corrected chi connectivity index (χ3v) is 3.16. The third-order valence-electron chi connectivity index (χ3n) is 3.16. The molecule has 1 rings (SSSR count). The number of benzene rings is 1. The van der Waals surface area contributed by atoms with E-state index in [-0.39, 0.29) is 11.8 Å². The Bertz CT molecular complexity index is 395. The first kappa shape index (κ1) is 15.7. The van der Waals surface area contributed by atoms with Crippen molar-refractivity contribution in [3.63, 3.8) is 0 Å². The minimum absolute atomic E-state index is 0.0981. The Morgan fingerprint density at radius 1 is 1.32 bits per heavy atom. The van der Waals surface area contributed by atoms with Gasteiger partial charge in [0.05, 0.1) is 5.60 Å². The lowest BCUT2D eigenvalue weighted by Gasteiger charge is -2.29. The Morgan fingerprint density at radius 3 is 2.37 bits per heavy atom. The van der Waals surface area contributed by atoms with Crippen LogP contribution in [0.2, 0.25) is 0 Å². The Balaban J connectivity index is 2.62. The van der Waals surface area contributed by atoms with E-state index in [0.29, 0.717) is 19.5 Å². The van der Waals surface area contributed by atoms with Crippen LogP contribution < -0.4 is 0 Å². The van der Waals surface area contributed by atoms with Crippen molar-refractivity contribution in [3.8, 4) is 0 Å². The standard InChI is InChI=1S/C16H25NO2/c1-5-17(12-16(3,4)19)15(18)11-13(2)14-9-7-6-8-10-14/h6-10,13,19H,5,11-12H2,1-4H3. The topological polar surface area (TPSA) is 40.5 Å². The van der Waals surface area contributed by atoms with Crippen LogP contribution in [0.25, 0.3) is 0 Å². The summed E-state index contributed by atoms with van der Waals surface area (Å²) in [4.78, 5) is 14.0. The fourth-order valence-electron chi connectivity index (χ4n) is 2.13. The second kappa shape index (κ2) is 6.71. The molecule has 1 atom stereocenters. The van der Waals surface area contributed by atoms with Gasteiger partial charge in [0.1, 0.15) is 0 Å². The number of hydrogen-bond acceptors (Lipinski definition) is 2. The van der Waals surface area contributed by atoms with E-state index in [9.17, 15) is 9.90 Å². The lowest BCUT2D eigenvalue weighted by atomic mass is 9.97. The van der Waals surface area contributed by atoms with Crippen LogP contribution in [-0.4, -0.2) is 34.6 Å². The predicted octanol–water partition coefficient (Wildman–Crippen LogP) is 2.80. The van der Waals surface area contributed by atoms with Crippen molar-refractivity contribution in [2.24, 2.45) is 0 Å². The number of likely N-dealkylation sites (N-methyl/N-ethyl adjacent to an activating group) is 1. The second-order valence-electron chi connectivity index (χ2n) is 5.74. The highest BCUT2D eigenvalue weighted by Gasteiger charge is 2.22. The van der Waals surface area contributed by atoms with Gasteiger partial charge in [-0.15, -0.1) is 0 Å². The highest BCUT2D eigenvalue weighted by Crippen LogP contribution is 2.20. The van der Waals surface area contributed by atoms with Gasteiger partial charge in [0.25, 0.3) is 0 Å². The van der Waals surface area contributed by atoms with Gasteiger partial charge in [0.2, 0.25) is 5.91 Å². The summed E-state index contributed by atoms with van der Waals surface area (Å²) in [7, 11) is 0. The molecule has 0 radical (unpaired) electrons. The zero-order valence-corrected chi connectivity index (χ0v) is 12.4.